The first kappa shape index (κ1) is 22.8. The third-order valence-electron chi connectivity index (χ3n) is 5.27. The molecule has 0 aliphatic carbocycles. The Bertz CT molecular complexity index is 1240. The highest BCUT2D eigenvalue weighted by Gasteiger charge is 2.30. The van der Waals surface area contributed by atoms with Crippen molar-refractivity contribution in [3.05, 3.63) is 53.3 Å². The molecule has 7 nitrogen and oxygen atoms in total. The second-order valence-electron chi connectivity index (χ2n) is 7.54. The van der Waals surface area contributed by atoms with E-state index in [2.05, 4.69) is 23.3 Å². The summed E-state index contributed by atoms with van der Waals surface area (Å²) in [5.74, 6) is -1.44. The number of carbonyl (C=O) groups excluding carboxylic acids is 1. The molecule has 2 aromatic carbocycles. The molecule has 2 heterocycles. The van der Waals surface area contributed by atoms with Gasteiger partial charge in [0.2, 0.25) is 10.0 Å². The minimum absolute atomic E-state index is 0.0427. The summed E-state index contributed by atoms with van der Waals surface area (Å²) in [5.41, 5.74) is 2.04. The van der Waals surface area contributed by atoms with Gasteiger partial charge in [0.25, 0.3) is 5.91 Å². The van der Waals surface area contributed by atoms with Crippen LogP contribution in [-0.4, -0.2) is 49.9 Å². The Morgan fingerprint density at radius 1 is 1.22 bits per heavy atom. The molecule has 1 aliphatic heterocycles. The molecule has 0 unspecified atom stereocenters. The molecule has 0 bridgehead atoms. The number of halogens is 1. The van der Waals surface area contributed by atoms with Crippen molar-refractivity contribution >= 4 is 42.6 Å². The number of unbranched alkanes of at least 4 members (excludes halogenated alkanes) is 1. The fourth-order valence-corrected chi connectivity index (χ4v) is 5.92. The SMILES string of the molecule is CCCCc1ccc2nc(NC(=O)c3ccc(F)c(S(=O)(=O)N4CCOCC4)c3)sc2c1. The fourth-order valence-electron chi connectivity index (χ4n) is 3.50. The number of anilines is 1. The molecule has 10 heteroatoms. The average molecular weight is 478 g/mol. The van der Waals surface area contributed by atoms with Gasteiger partial charge in [0.05, 0.1) is 23.4 Å². The van der Waals surface area contributed by atoms with Crippen LogP contribution in [0.4, 0.5) is 9.52 Å². The zero-order valence-electron chi connectivity index (χ0n) is 17.6. The molecular formula is C22H24FN3O4S2. The maximum atomic E-state index is 14.4. The number of rotatable bonds is 7. The number of sulfonamides is 1. The molecule has 1 fully saturated rings. The number of hydrogen-bond donors (Lipinski definition) is 1. The summed E-state index contributed by atoms with van der Waals surface area (Å²) in [5, 5.41) is 3.11. The molecule has 0 radical (unpaired) electrons. The van der Waals surface area contributed by atoms with Crippen LogP contribution in [0.5, 0.6) is 0 Å². The van der Waals surface area contributed by atoms with Gasteiger partial charge >= 0.3 is 0 Å². The summed E-state index contributed by atoms with van der Waals surface area (Å²) in [6.45, 7) is 2.93. The largest absolute Gasteiger partial charge is 0.379 e. The fraction of sp³-hybridized carbons (Fsp3) is 0.364. The highest BCUT2D eigenvalue weighted by Crippen LogP contribution is 2.28. The second-order valence-corrected chi connectivity index (χ2v) is 10.5. The maximum absolute atomic E-state index is 14.4. The van der Waals surface area contributed by atoms with E-state index in [0.717, 1.165) is 41.6 Å². The Hall–Kier alpha value is -2.40. The predicted octanol–water partition coefficient (Wildman–Crippen LogP) is 4.05. The number of amides is 1. The van der Waals surface area contributed by atoms with Crippen molar-refractivity contribution < 1.29 is 22.3 Å². The van der Waals surface area contributed by atoms with Gasteiger partial charge in [-0.3, -0.25) is 10.1 Å². The van der Waals surface area contributed by atoms with Crippen LogP contribution in [0.25, 0.3) is 10.2 Å². The lowest BCUT2D eigenvalue weighted by molar-refractivity contribution is 0.0729. The van der Waals surface area contributed by atoms with Crippen LogP contribution in [0.3, 0.4) is 0 Å². The van der Waals surface area contributed by atoms with Gasteiger partial charge in [-0.05, 0) is 48.7 Å². The van der Waals surface area contributed by atoms with Gasteiger partial charge in [0, 0.05) is 18.7 Å². The van der Waals surface area contributed by atoms with Crippen LogP contribution in [-0.2, 0) is 21.2 Å². The van der Waals surface area contributed by atoms with Gasteiger partial charge in [-0.25, -0.2) is 17.8 Å². The first-order chi connectivity index (χ1) is 15.4. The highest BCUT2D eigenvalue weighted by atomic mass is 32.2. The number of nitrogens with zero attached hydrogens (tertiary/aromatic N) is 2. The van der Waals surface area contributed by atoms with Crippen LogP contribution in [0, 0.1) is 5.82 Å². The van der Waals surface area contributed by atoms with Crippen molar-refractivity contribution in [1.29, 1.82) is 0 Å². The lowest BCUT2D eigenvalue weighted by Crippen LogP contribution is -2.41. The van der Waals surface area contributed by atoms with Crippen molar-refractivity contribution in [2.45, 2.75) is 31.1 Å². The molecule has 1 N–H and O–H groups in total. The van der Waals surface area contributed by atoms with Gasteiger partial charge in [-0.15, -0.1) is 0 Å². The number of aromatic nitrogens is 1. The Kier molecular flexibility index (Phi) is 6.85. The summed E-state index contributed by atoms with van der Waals surface area (Å²) in [6.07, 6.45) is 3.21. The van der Waals surface area contributed by atoms with Crippen molar-refractivity contribution in [2.75, 3.05) is 31.6 Å². The molecule has 32 heavy (non-hydrogen) atoms. The number of fused-ring (bicyclic) bond motifs is 1. The maximum Gasteiger partial charge on any atom is 0.257 e. The van der Waals surface area contributed by atoms with E-state index in [4.69, 9.17) is 4.74 Å². The van der Waals surface area contributed by atoms with Crippen LogP contribution in [0.15, 0.2) is 41.3 Å². The first-order valence-electron chi connectivity index (χ1n) is 10.5. The number of hydrogen-bond acceptors (Lipinski definition) is 6. The first-order valence-corrected chi connectivity index (χ1v) is 12.7. The molecule has 4 rings (SSSR count). The molecule has 0 spiro atoms. The van der Waals surface area contributed by atoms with E-state index in [-0.39, 0.29) is 31.9 Å². The van der Waals surface area contributed by atoms with Crippen molar-refractivity contribution in [2.24, 2.45) is 0 Å². The minimum atomic E-state index is -4.07. The standard InChI is InChI=1S/C22H24FN3O4S2/c1-2-3-4-15-5-8-18-19(13-15)31-22(24-18)25-21(27)16-6-7-17(23)20(14-16)32(28,29)26-9-11-30-12-10-26/h5-8,13-14H,2-4,9-12H2,1H3,(H,24,25,27). The van der Waals surface area contributed by atoms with Crippen LogP contribution in [0.2, 0.25) is 0 Å². The number of carbonyl (C=O) groups is 1. The zero-order valence-corrected chi connectivity index (χ0v) is 19.3. The number of aryl methyl sites for hydroxylation is 1. The third kappa shape index (κ3) is 4.83. The summed E-state index contributed by atoms with van der Waals surface area (Å²) >= 11 is 1.35. The molecule has 3 aromatic rings. The third-order valence-corrected chi connectivity index (χ3v) is 8.12. The van der Waals surface area contributed by atoms with Gasteiger partial charge in [0.15, 0.2) is 5.13 Å². The van der Waals surface area contributed by atoms with Crippen LogP contribution >= 0.6 is 11.3 Å². The van der Waals surface area contributed by atoms with Gasteiger partial charge in [0.1, 0.15) is 10.7 Å². The Morgan fingerprint density at radius 3 is 2.75 bits per heavy atom. The van der Waals surface area contributed by atoms with Gasteiger partial charge in [-0.2, -0.15) is 4.31 Å². The number of ether oxygens (including phenoxy) is 1. The summed E-state index contributed by atoms with van der Waals surface area (Å²) in [7, 11) is -4.07. The summed E-state index contributed by atoms with van der Waals surface area (Å²) < 4.78 is 47.4. The van der Waals surface area contributed by atoms with E-state index < -0.39 is 26.6 Å². The van der Waals surface area contributed by atoms with E-state index >= 15 is 0 Å². The Balaban J connectivity index is 1.55. The van der Waals surface area contributed by atoms with Gasteiger partial charge in [-0.1, -0.05) is 30.7 Å². The number of morpholine rings is 1. The van der Waals surface area contributed by atoms with E-state index in [1.165, 1.54) is 27.3 Å². The highest BCUT2D eigenvalue weighted by molar-refractivity contribution is 7.89. The number of nitrogens with one attached hydrogen (secondary N) is 1. The summed E-state index contributed by atoms with van der Waals surface area (Å²) in [4.78, 5) is 16.7. The predicted molar refractivity (Wildman–Crippen MR) is 122 cm³/mol. The molecule has 1 saturated heterocycles. The van der Waals surface area contributed by atoms with E-state index in [0.29, 0.717) is 5.13 Å². The molecule has 0 atom stereocenters. The minimum Gasteiger partial charge on any atom is -0.379 e. The summed E-state index contributed by atoms with van der Waals surface area (Å²) in [6, 6.07) is 9.37. The Morgan fingerprint density at radius 2 is 2.00 bits per heavy atom. The Labute approximate surface area is 190 Å². The van der Waals surface area contributed by atoms with E-state index in [1.54, 1.807) is 0 Å². The quantitative estimate of drug-likeness (QED) is 0.555. The molecular weight excluding hydrogens is 453 g/mol. The molecule has 1 aliphatic rings. The normalized spacial score (nSPS) is 15.2. The lowest BCUT2D eigenvalue weighted by Gasteiger charge is -2.26. The van der Waals surface area contributed by atoms with Crippen LogP contribution < -0.4 is 5.32 Å². The molecule has 170 valence electrons. The lowest BCUT2D eigenvalue weighted by atomic mass is 10.1. The van der Waals surface area contributed by atoms with Crippen molar-refractivity contribution in [3.8, 4) is 0 Å². The second kappa shape index (κ2) is 9.62. The number of thiazole rings is 1. The molecule has 1 aromatic heterocycles. The average Bonchev–Trinajstić information content (AvgIpc) is 3.19. The zero-order chi connectivity index (χ0) is 22.7. The molecule has 0 saturated carbocycles. The van der Waals surface area contributed by atoms with Crippen molar-refractivity contribution in [3.63, 3.8) is 0 Å². The topological polar surface area (TPSA) is 88.6 Å². The van der Waals surface area contributed by atoms with E-state index in [9.17, 15) is 17.6 Å². The van der Waals surface area contributed by atoms with Gasteiger partial charge < -0.3 is 4.74 Å². The van der Waals surface area contributed by atoms with Crippen molar-refractivity contribution in [1.82, 2.24) is 9.29 Å². The van der Waals surface area contributed by atoms with Crippen LogP contribution in [0.1, 0.15) is 35.7 Å². The smallest absolute Gasteiger partial charge is 0.257 e. The molecule has 1 amide bonds. The number of benzene rings is 2. The monoisotopic (exact) mass is 477 g/mol. The van der Waals surface area contributed by atoms with E-state index in [1.807, 2.05) is 12.1 Å².